The zero-order valence-corrected chi connectivity index (χ0v) is 10.7. The summed E-state index contributed by atoms with van der Waals surface area (Å²) in [5.74, 6) is -1.12. The van der Waals surface area contributed by atoms with Gasteiger partial charge in [-0.3, -0.25) is 0 Å². The Morgan fingerprint density at radius 1 is 1.05 bits per heavy atom. The third kappa shape index (κ3) is 3.29. The quantitative estimate of drug-likeness (QED) is 0.917. The SMILES string of the molecule is CN(Cc1cc(F)cc(F)c1)c1ccccc1CN. The molecule has 0 saturated carbocycles. The number of rotatable bonds is 4. The Balaban J connectivity index is 2.22. The molecule has 2 aromatic carbocycles. The first-order chi connectivity index (χ1) is 9.10. The molecule has 4 heteroatoms. The van der Waals surface area contributed by atoms with E-state index in [2.05, 4.69) is 0 Å². The largest absolute Gasteiger partial charge is 0.370 e. The second-order valence-electron chi connectivity index (χ2n) is 4.47. The van der Waals surface area contributed by atoms with Crippen LogP contribution >= 0.6 is 0 Å². The van der Waals surface area contributed by atoms with Gasteiger partial charge in [-0.2, -0.15) is 0 Å². The molecule has 0 spiro atoms. The van der Waals surface area contributed by atoms with Gasteiger partial charge in [-0.05, 0) is 29.3 Å². The molecule has 0 unspecified atom stereocenters. The number of anilines is 1. The lowest BCUT2D eigenvalue weighted by Crippen LogP contribution is -2.19. The summed E-state index contributed by atoms with van der Waals surface area (Å²) in [5, 5.41) is 0. The van der Waals surface area contributed by atoms with Gasteiger partial charge in [-0.15, -0.1) is 0 Å². The summed E-state index contributed by atoms with van der Waals surface area (Å²) < 4.78 is 26.3. The molecule has 2 nitrogen and oxygen atoms in total. The van der Waals surface area contributed by atoms with Crippen molar-refractivity contribution in [2.24, 2.45) is 5.73 Å². The summed E-state index contributed by atoms with van der Waals surface area (Å²) in [6.45, 7) is 0.851. The maximum Gasteiger partial charge on any atom is 0.126 e. The van der Waals surface area contributed by atoms with E-state index in [1.54, 1.807) is 0 Å². The van der Waals surface area contributed by atoms with Gasteiger partial charge >= 0.3 is 0 Å². The maximum atomic E-state index is 13.1. The van der Waals surface area contributed by atoms with Crippen molar-refractivity contribution in [2.75, 3.05) is 11.9 Å². The standard InChI is InChI=1S/C15H16F2N2/c1-19(15-5-3-2-4-12(15)9-18)10-11-6-13(16)8-14(17)7-11/h2-8H,9-10,18H2,1H3. The minimum absolute atomic E-state index is 0.422. The van der Waals surface area contributed by atoms with Crippen molar-refractivity contribution in [3.63, 3.8) is 0 Å². The van der Waals surface area contributed by atoms with Gasteiger partial charge in [0.05, 0.1) is 0 Å². The van der Waals surface area contributed by atoms with Gasteiger partial charge in [0.15, 0.2) is 0 Å². The van der Waals surface area contributed by atoms with Crippen LogP contribution in [0.3, 0.4) is 0 Å². The van der Waals surface area contributed by atoms with E-state index < -0.39 is 11.6 Å². The van der Waals surface area contributed by atoms with Gasteiger partial charge in [0.2, 0.25) is 0 Å². The molecule has 0 heterocycles. The molecule has 0 radical (unpaired) electrons. The highest BCUT2D eigenvalue weighted by atomic mass is 19.1. The molecule has 19 heavy (non-hydrogen) atoms. The van der Waals surface area contributed by atoms with E-state index in [-0.39, 0.29) is 0 Å². The van der Waals surface area contributed by atoms with E-state index in [4.69, 9.17) is 5.73 Å². The van der Waals surface area contributed by atoms with Gasteiger partial charge in [-0.1, -0.05) is 18.2 Å². The molecule has 0 bridgehead atoms. The Kier molecular flexibility index (Phi) is 4.12. The highest BCUT2D eigenvalue weighted by Crippen LogP contribution is 2.21. The highest BCUT2D eigenvalue weighted by molar-refractivity contribution is 5.53. The van der Waals surface area contributed by atoms with Crippen LogP contribution in [0.5, 0.6) is 0 Å². The molecule has 2 N–H and O–H groups in total. The average Bonchev–Trinajstić information content (AvgIpc) is 2.37. The summed E-state index contributed by atoms with van der Waals surface area (Å²) in [5.41, 5.74) is 8.24. The van der Waals surface area contributed by atoms with Crippen LogP contribution in [0.15, 0.2) is 42.5 Å². The van der Waals surface area contributed by atoms with E-state index in [0.717, 1.165) is 17.3 Å². The van der Waals surface area contributed by atoms with Gasteiger partial charge in [-0.25, -0.2) is 8.78 Å². The van der Waals surface area contributed by atoms with Crippen molar-refractivity contribution in [1.29, 1.82) is 0 Å². The lowest BCUT2D eigenvalue weighted by molar-refractivity contribution is 0.579. The molecular formula is C15H16F2N2. The number of halogens is 2. The summed E-state index contributed by atoms with van der Waals surface area (Å²) in [6, 6.07) is 11.3. The van der Waals surface area contributed by atoms with E-state index in [1.165, 1.54) is 12.1 Å². The van der Waals surface area contributed by atoms with E-state index in [9.17, 15) is 8.78 Å². The van der Waals surface area contributed by atoms with Gasteiger partial charge < -0.3 is 10.6 Å². The van der Waals surface area contributed by atoms with Gasteiger partial charge in [0.25, 0.3) is 0 Å². The fraction of sp³-hybridized carbons (Fsp3) is 0.200. The number of para-hydroxylation sites is 1. The molecule has 0 aliphatic heterocycles. The number of hydrogen-bond acceptors (Lipinski definition) is 2. The van der Waals surface area contributed by atoms with E-state index in [1.807, 2.05) is 36.2 Å². The molecule has 2 aromatic rings. The van der Waals surface area contributed by atoms with Crippen LogP contribution < -0.4 is 10.6 Å². The van der Waals surface area contributed by atoms with Crippen LogP contribution in [-0.4, -0.2) is 7.05 Å². The topological polar surface area (TPSA) is 29.3 Å². The summed E-state index contributed by atoms with van der Waals surface area (Å²) in [4.78, 5) is 1.93. The monoisotopic (exact) mass is 262 g/mol. The minimum atomic E-state index is -0.560. The van der Waals surface area contributed by atoms with Crippen molar-refractivity contribution < 1.29 is 8.78 Å². The molecule has 0 fully saturated rings. The van der Waals surface area contributed by atoms with Crippen LogP contribution in [0.4, 0.5) is 14.5 Å². The Morgan fingerprint density at radius 3 is 2.32 bits per heavy atom. The maximum absolute atomic E-state index is 13.1. The fourth-order valence-electron chi connectivity index (χ4n) is 2.12. The number of nitrogens with two attached hydrogens (primary N) is 1. The smallest absolute Gasteiger partial charge is 0.126 e. The normalized spacial score (nSPS) is 10.5. The Hall–Kier alpha value is -1.94. The molecule has 100 valence electrons. The first-order valence-electron chi connectivity index (χ1n) is 6.04. The third-order valence-corrected chi connectivity index (χ3v) is 2.96. The van der Waals surface area contributed by atoms with Crippen LogP contribution in [0.25, 0.3) is 0 Å². The average molecular weight is 262 g/mol. The molecule has 0 aromatic heterocycles. The molecular weight excluding hydrogens is 246 g/mol. The van der Waals surface area contributed by atoms with Crippen molar-refractivity contribution in [3.8, 4) is 0 Å². The summed E-state index contributed by atoms with van der Waals surface area (Å²) in [7, 11) is 1.87. The predicted octanol–water partition coefficient (Wildman–Crippen LogP) is 3.06. The third-order valence-electron chi connectivity index (χ3n) is 2.96. The summed E-state index contributed by atoms with van der Waals surface area (Å²) in [6.07, 6.45) is 0. The molecule has 0 atom stereocenters. The highest BCUT2D eigenvalue weighted by Gasteiger charge is 2.08. The first kappa shape index (κ1) is 13.5. The van der Waals surface area contributed by atoms with Crippen LogP contribution in [-0.2, 0) is 13.1 Å². The number of nitrogens with zero attached hydrogens (tertiary/aromatic N) is 1. The second kappa shape index (κ2) is 5.80. The Labute approximate surface area is 111 Å². The van der Waals surface area contributed by atoms with Gasteiger partial charge in [0, 0.05) is 31.9 Å². The van der Waals surface area contributed by atoms with Crippen molar-refractivity contribution in [2.45, 2.75) is 13.1 Å². The lowest BCUT2D eigenvalue weighted by Gasteiger charge is -2.22. The Bertz CT molecular complexity index is 550. The van der Waals surface area contributed by atoms with E-state index >= 15 is 0 Å². The number of hydrogen-bond donors (Lipinski definition) is 1. The molecule has 2 rings (SSSR count). The number of benzene rings is 2. The molecule has 0 saturated heterocycles. The van der Waals surface area contributed by atoms with Crippen molar-refractivity contribution >= 4 is 5.69 Å². The zero-order valence-electron chi connectivity index (χ0n) is 10.7. The summed E-state index contributed by atoms with van der Waals surface area (Å²) >= 11 is 0. The molecule has 0 amide bonds. The lowest BCUT2D eigenvalue weighted by atomic mass is 10.1. The van der Waals surface area contributed by atoms with E-state index in [0.29, 0.717) is 18.7 Å². The zero-order chi connectivity index (χ0) is 13.8. The Morgan fingerprint density at radius 2 is 1.68 bits per heavy atom. The molecule has 0 aliphatic rings. The van der Waals surface area contributed by atoms with Crippen molar-refractivity contribution in [3.05, 3.63) is 65.2 Å². The van der Waals surface area contributed by atoms with Crippen LogP contribution in [0.2, 0.25) is 0 Å². The van der Waals surface area contributed by atoms with Crippen LogP contribution in [0.1, 0.15) is 11.1 Å². The predicted molar refractivity (Wildman–Crippen MR) is 72.8 cm³/mol. The second-order valence-corrected chi connectivity index (χ2v) is 4.47. The van der Waals surface area contributed by atoms with Crippen molar-refractivity contribution in [1.82, 2.24) is 0 Å². The van der Waals surface area contributed by atoms with Crippen LogP contribution in [0, 0.1) is 11.6 Å². The fourth-order valence-corrected chi connectivity index (χ4v) is 2.12. The minimum Gasteiger partial charge on any atom is -0.370 e. The molecule has 0 aliphatic carbocycles. The first-order valence-corrected chi connectivity index (χ1v) is 6.04. The van der Waals surface area contributed by atoms with Gasteiger partial charge in [0.1, 0.15) is 11.6 Å².